The van der Waals surface area contributed by atoms with Crippen molar-refractivity contribution >= 4 is 22.5 Å². The van der Waals surface area contributed by atoms with Gasteiger partial charge < -0.3 is 9.47 Å². The number of ketones is 1. The number of rotatable bonds is 7. The summed E-state index contributed by atoms with van der Waals surface area (Å²) in [5, 5.41) is 4.85. The van der Waals surface area contributed by atoms with Gasteiger partial charge in [0, 0.05) is 10.9 Å². The van der Waals surface area contributed by atoms with Gasteiger partial charge in [0.05, 0.1) is 19.0 Å². The number of benzene rings is 3. The van der Waals surface area contributed by atoms with E-state index in [9.17, 15) is 18.8 Å². The number of nitrogens with zero attached hydrogens (tertiary/aromatic N) is 2. The van der Waals surface area contributed by atoms with E-state index in [0.29, 0.717) is 10.8 Å². The highest BCUT2D eigenvalue weighted by molar-refractivity contribution is 6.04. The number of carbonyl (C=O) groups is 2. The number of hydrogen-bond acceptors (Lipinski definition) is 6. The van der Waals surface area contributed by atoms with E-state index in [4.69, 9.17) is 9.47 Å². The molecule has 0 bridgehead atoms. The minimum atomic E-state index is -0.865. The molecule has 0 aliphatic carbocycles. The molecule has 3 aromatic carbocycles. The fourth-order valence-electron chi connectivity index (χ4n) is 3.37. The molecule has 33 heavy (non-hydrogen) atoms. The Balaban J connectivity index is 1.61. The second-order valence-corrected chi connectivity index (χ2v) is 7.19. The molecule has 0 saturated heterocycles. The maximum Gasteiger partial charge on any atom is 0.359 e. The van der Waals surface area contributed by atoms with Gasteiger partial charge in [-0.3, -0.25) is 9.59 Å². The van der Waals surface area contributed by atoms with E-state index in [0.717, 1.165) is 11.6 Å². The number of fused-ring (bicyclic) bond motifs is 1. The van der Waals surface area contributed by atoms with Crippen molar-refractivity contribution in [3.63, 3.8) is 0 Å². The molecule has 4 rings (SSSR count). The smallest absolute Gasteiger partial charge is 0.359 e. The lowest BCUT2D eigenvalue weighted by molar-refractivity contribution is 0.0468. The Morgan fingerprint density at radius 1 is 0.970 bits per heavy atom. The molecule has 0 amide bonds. The van der Waals surface area contributed by atoms with E-state index in [1.165, 1.54) is 23.9 Å². The highest BCUT2D eigenvalue weighted by Gasteiger charge is 2.20. The first kappa shape index (κ1) is 21.9. The second kappa shape index (κ2) is 9.44. The zero-order valence-electron chi connectivity index (χ0n) is 17.7. The van der Waals surface area contributed by atoms with Crippen LogP contribution < -0.4 is 10.3 Å². The van der Waals surface area contributed by atoms with Crippen molar-refractivity contribution in [3.8, 4) is 5.75 Å². The highest BCUT2D eigenvalue weighted by atomic mass is 19.1. The van der Waals surface area contributed by atoms with Crippen LogP contribution in [0.15, 0.2) is 77.6 Å². The third kappa shape index (κ3) is 4.64. The number of esters is 1. The van der Waals surface area contributed by atoms with Crippen molar-refractivity contribution in [2.24, 2.45) is 0 Å². The molecule has 4 aromatic rings. The number of methoxy groups -OCH3 is 1. The Kier molecular flexibility index (Phi) is 6.26. The summed E-state index contributed by atoms with van der Waals surface area (Å²) in [6.45, 7) is -0.451. The van der Waals surface area contributed by atoms with E-state index in [2.05, 4.69) is 5.10 Å². The monoisotopic (exact) mass is 446 g/mol. The van der Waals surface area contributed by atoms with Gasteiger partial charge in [0.2, 0.25) is 0 Å². The van der Waals surface area contributed by atoms with Gasteiger partial charge in [-0.2, -0.15) is 5.10 Å². The summed E-state index contributed by atoms with van der Waals surface area (Å²) in [7, 11) is 1.32. The van der Waals surface area contributed by atoms with E-state index in [-0.39, 0.29) is 29.1 Å². The molecule has 0 atom stereocenters. The van der Waals surface area contributed by atoms with E-state index >= 15 is 0 Å². The molecule has 0 radical (unpaired) electrons. The summed E-state index contributed by atoms with van der Waals surface area (Å²) in [6, 6.07) is 19.5. The molecule has 0 saturated carbocycles. The molecule has 1 heterocycles. The summed E-state index contributed by atoms with van der Waals surface area (Å²) in [5.74, 6) is -2.16. The largest absolute Gasteiger partial charge is 0.494 e. The summed E-state index contributed by atoms with van der Waals surface area (Å²) in [6.07, 6.45) is 0. The normalized spacial score (nSPS) is 10.7. The summed E-state index contributed by atoms with van der Waals surface area (Å²) in [5.41, 5.74) is 0.428. The van der Waals surface area contributed by atoms with Crippen LogP contribution in [-0.4, -0.2) is 35.2 Å². The van der Waals surface area contributed by atoms with Crippen molar-refractivity contribution < 1.29 is 23.5 Å². The number of halogens is 1. The van der Waals surface area contributed by atoms with E-state index in [1.807, 2.05) is 30.3 Å². The molecule has 0 N–H and O–H groups in total. The van der Waals surface area contributed by atoms with Crippen molar-refractivity contribution in [1.29, 1.82) is 0 Å². The van der Waals surface area contributed by atoms with Gasteiger partial charge in [-0.1, -0.05) is 48.5 Å². The predicted molar refractivity (Wildman–Crippen MR) is 119 cm³/mol. The molecule has 7 nitrogen and oxygen atoms in total. The van der Waals surface area contributed by atoms with Crippen molar-refractivity contribution in [2.45, 2.75) is 6.54 Å². The van der Waals surface area contributed by atoms with Gasteiger partial charge >= 0.3 is 5.97 Å². The molecular formula is C25H19FN2O5. The third-order valence-electron chi connectivity index (χ3n) is 5.04. The second-order valence-electron chi connectivity index (χ2n) is 7.19. The molecule has 1 aromatic heterocycles. The fourth-order valence-corrected chi connectivity index (χ4v) is 3.37. The first-order chi connectivity index (χ1) is 16.0. The van der Waals surface area contributed by atoms with Crippen LogP contribution >= 0.6 is 0 Å². The Morgan fingerprint density at radius 3 is 2.36 bits per heavy atom. The first-order valence-corrected chi connectivity index (χ1v) is 10.1. The lowest BCUT2D eigenvalue weighted by Crippen LogP contribution is -2.27. The Hall–Kier alpha value is -4.33. The number of Topliss-reactive ketones (excluding diaryl/α,β-unsaturated/α-hetero) is 1. The molecule has 8 heteroatoms. The Labute approximate surface area is 188 Å². The number of aromatic nitrogens is 2. The van der Waals surface area contributed by atoms with Gasteiger partial charge in [0.1, 0.15) is 0 Å². The highest BCUT2D eigenvalue weighted by Crippen LogP contribution is 2.19. The van der Waals surface area contributed by atoms with Crippen molar-refractivity contribution in [3.05, 3.63) is 106 Å². The maximum atomic E-state index is 13.9. The quantitative estimate of drug-likeness (QED) is 0.318. The van der Waals surface area contributed by atoms with E-state index < -0.39 is 24.2 Å². The van der Waals surface area contributed by atoms with Crippen LogP contribution in [0.4, 0.5) is 4.39 Å². The zero-order chi connectivity index (χ0) is 23.4. The van der Waals surface area contributed by atoms with Crippen LogP contribution in [-0.2, 0) is 11.3 Å². The zero-order valence-corrected chi connectivity index (χ0v) is 17.7. The number of ether oxygens (including phenoxy) is 2. The molecule has 0 unspecified atom stereocenters. The lowest BCUT2D eigenvalue weighted by atomic mass is 10.1. The molecule has 0 spiro atoms. The Bertz CT molecular complexity index is 1400. The van der Waals surface area contributed by atoms with Gasteiger partial charge in [-0.15, -0.1) is 0 Å². The molecular weight excluding hydrogens is 427 g/mol. The van der Waals surface area contributed by atoms with Crippen LogP contribution in [0, 0.1) is 5.82 Å². The third-order valence-corrected chi connectivity index (χ3v) is 5.04. The van der Waals surface area contributed by atoms with Crippen molar-refractivity contribution in [2.75, 3.05) is 13.7 Å². The minimum absolute atomic E-state index is 0.000104. The fraction of sp³-hybridized carbons (Fsp3) is 0.120. The first-order valence-electron chi connectivity index (χ1n) is 10.1. The average molecular weight is 446 g/mol. The summed E-state index contributed by atoms with van der Waals surface area (Å²) >= 11 is 0. The van der Waals surface area contributed by atoms with Gasteiger partial charge in [0.15, 0.2) is 29.7 Å². The van der Waals surface area contributed by atoms with Crippen LogP contribution in [0.2, 0.25) is 0 Å². The van der Waals surface area contributed by atoms with Gasteiger partial charge in [-0.25, -0.2) is 13.9 Å². The van der Waals surface area contributed by atoms with Crippen molar-refractivity contribution in [1.82, 2.24) is 9.78 Å². The van der Waals surface area contributed by atoms with Gasteiger partial charge in [-0.05, 0) is 29.8 Å². The van der Waals surface area contributed by atoms with Crippen LogP contribution in [0.3, 0.4) is 0 Å². The average Bonchev–Trinajstić information content (AvgIpc) is 2.84. The van der Waals surface area contributed by atoms with E-state index in [1.54, 1.807) is 24.3 Å². The number of carbonyl (C=O) groups excluding carboxylic acids is 2. The SMILES string of the molecule is COc1ccc(C(=O)COC(=O)c2nn(Cc3ccccc3)c(=O)c3ccccc23)cc1F. The summed E-state index contributed by atoms with van der Waals surface area (Å²) in [4.78, 5) is 38.1. The lowest BCUT2D eigenvalue weighted by Gasteiger charge is -2.11. The van der Waals surface area contributed by atoms with Crippen LogP contribution in [0.1, 0.15) is 26.4 Å². The standard InChI is InChI=1S/C25H19FN2O5/c1-32-22-12-11-17(13-20(22)26)21(29)15-33-25(31)23-18-9-5-6-10-19(18)24(30)28(27-23)14-16-7-3-2-4-8-16/h2-13H,14-15H2,1H3. The molecule has 166 valence electrons. The number of hydrogen-bond donors (Lipinski definition) is 0. The topological polar surface area (TPSA) is 87.5 Å². The molecule has 0 aliphatic rings. The Morgan fingerprint density at radius 2 is 1.67 bits per heavy atom. The van der Waals surface area contributed by atoms with Gasteiger partial charge in [0.25, 0.3) is 5.56 Å². The minimum Gasteiger partial charge on any atom is -0.494 e. The van der Waals surface area contributed by atoms with Crippen LogP contribution in [0.25, 0.3) is 10.8 Å². The van der Waals surface area contributed by atoms with Crippen LogP contribution in [0.5, 0.6) is 5.75 Å². The summed E-state index contributed by atoms with van der Waals surface area (Å²) < 4.78 is 25.1. The predicted octanol–water partition coefficient (Wildman–Crippen LogP) is 3.63. The molecule has 0 aliphatic heterocycles. The maximum absolute atomic E-state index is 13.9. The molecule has 0 fully saturated rings.